The van der Waals surface area contributed by atoms with Gasteiger partial charge in [0.1, 0.15) is 5.78 Å². The first-order valence-corrected chi connectivity index (χ1v) is 6.35. The molecule has 4 nitrogen and oxygen atoms in total. The second kappa shape index (κ2) is 6.55. The zero-order valence-corrected chi connectivity index (χ0v) is 11.0. The van der Waals surface area contributed by atoms with E-state index in [-0.39, 0.29) is 11.7 Å². The van der Waals surface area contributed by atoms with Gasteiger partial charge in [0.05, 0.1) is 12.1 Å². The highest BCUT2D eigenvalue weighted by Gasteiger charge is 2.14. The Kier molecular flexibility index (Phi) is 5.35. The number of nitrogens with zero attached hydrogens (tertiary/aromatic N) is 2. The molecule has 0 aliphatic rings. The smallest absolute Gasteiger partial charge is 0.141 e. The molecule has 4 heteroatoms. The van der Waals surface area contributed by atoms with Crippen LogP contribution in [0.15, 0.2) is 12.3 Å². The molecule has 0 spiro atoms. The molecule has 0 radical (unpaired) electrons. The Morgan fingerprint density at radius 1 is 1.53 bits per heavy atom. The Morgan fingerprint density at radius 2 is 2.24 bits per heavy atom. The van der Waals surface area contributed by atoms with Gasteiger partial charge in [0, 0.05) is 18.2 Å². The first kappa shape index (κ1) is 13.9. The molecule has 2 unspecified atom stereocenters. The number of carbonyl (C=O) groups is 1. The predicted octanol–water partition coefficient (Wildman–Crippen LogP) is 1.95. The maximum atomic E-state index is 11.8. The normalized spacial score (nSPS) is 14.6. The van der Waals surface area contributed by atoms with E-state index in [0.717, 1.165) is 18.5 Å². The summed E-state index contributed by atoms with van der Waals surface area (Å²) >= 11 is 0. The molecule has 2 N–H and O–H groups in total. The fraction of sp³-hybridized carbons (Fsp3) is 0.692. The van der Waals surface area contributed by atoms with E-state index in [2.05, 4.69) is 18.9 Å². The van der Waals surface area contributed by atoms with Gasteiger partial charge in [-0.05, 0) is 32.4 Å². The Balaban J connectivity index is 2.57. The van der Waals surface area contributed by atoms with Crippen molar-refractivity contribution in [1.29, 1.82) is 0 Å². The fourth-order valence-electron chi connectivity index (χ4n) is 1.67. The van der Waals surface area contributed by atoms with Crippen LogP contribution in [0.4, 0.5) is 0 Å². The lowest BCUT2D eigenvalue weighted by molar-refractivity contribution is -0.121. The Labute approximate surface area is 103 Å². The van der Waals surface area contributed by atoms with E-state index in [1.807, 2.05) is 23.9 Å². The van der Waals surface area contributed by atoms with Crippen molar-refractivity contribution in [3.63, 3.8) is 0 Å². The molecule has 2 atom stereocenters. The topological polar surface area (TPSA) is 60.9 Å². The lowest BCUT2D eigenvalue weighted by Gasteiger charge is -2.09. The number of aromatic nitrogens is 2. The highest BCUT2D eigenvalue weighted by Crippen LogP contribution is 2.11. The van der Waals surface area contributed by atoms with Crippen molar-refractivity contribution in [3.05, 3.63) is 18.0 Å². The quantitative estimate of drug-likeness (QED) is 0.788. The van der Waals surface area contributed by atoms with Gasteiger partial charge in [-0.25, -0.2) is 0 Å². The zero-order chi connectivity index (χ0) is 12.8. The van der Waals surface area contributed by atoms with Crippen molar-refractivity contribution in [1.82, 2.24) is 9.78 Å². The third-order valence-electron chi connectivity index (χ3n) is 3.21. The average Bonchev–Trinajstić information content (AvgIpc) is 2.76. The summed E-state index contributed by atoms with van der Waals surface area (Å²) in [6, 6.07) is 2.32. The molecule has 0 saturated carbocycles. The Hall–Kier alpha value is -1.16. The molecule has 96 valence electrons. The monoisotopic (exact) mass is 237 g/mol. The van der Waals surface area contributed by atoms with E-state index in [1.54, 1.807) is 0 Å². The number of hydrogen-bond donors (Lipinski definition) is 1. The molecule has 17 heavy (non-hydrogen) atoms. The van der Waals surface area contributed by atoms with E-state index in [4.69, 9.17) is 5.73 Å². The van der Waals surface area contributed by atoms with Crippen LogP contribution in [0.1, 0.15) is 45.3 Å². The van der Waals surface area contributed by atoms with Crippen LogP contribution in [0.3, 0.4) is 0 Å². The molecule has 0 aliphatic heterocycles. The van der Waals surface area contributed by atoms with Crippen LogP contribution in [-0.2, 0) is 11.2 Å². The second-order valence-electron chi connectivity index (χ2n) is 4.67. The summed E-state index contributed by atoms with van der Waals surface area (Å²) in [6.45, 7) is 6.74. The Bertz CT molecular complexity index is 359. The molecule has 0 aromatic carbocycles. The minimum atomic E-state index is 0.0359. The van der Waals surface area contributed by atoms with Gasteiger partial charge in [0.25, 0.3) is 0 Å². The number of Topliss-reactive ketones (excluding diaryl/α,β-unsaturated/α-hetero) is 1. The van der Waals surface area contributed by atoms with E-state index < -0.39 is 0 Å². The van der Waals surface area contributed by atoms with Gasteiger partial charge in [0.15, 0.2) is 0 Å². The highest BCUT2D eigenvalue weighted by molar-refractivity contribution is 5.82. The first-order chi connectivity index (χ1) is 8.08. The third kappa shape index (κ3) is 3.97. The van der Waals surface area contributed by atoms with Gasteiger partial charge in [-0.15, -0.1) is 0 Å². The molecule has 1 rings (SSSR count). The van der Waals surface area contributed by atoms with Crippen molar-refractivity contribution in [2.24, 2.45) is 11.7 Å². The standard InChI is InChI=1S/C13H23N3O/c1-4-11(3)16-8-6-12(15-16)9-13(17)10(2)5-7-14/h6,8,10-11H,4-5,7,9,14H2,1-3H3. The summed E-state index contributed by atoms with van der Waals surface area (Å²) in [5.74, 6) is 0.263. The number of rotatable bonds is 7. The minimum absolute atomic E-state index is 0.0359. The third-order valence-corrected chi connectivity index (χ3v) is 3.21. The lowest BCUT2D eigenvalue weighted by atomic mass is 9.99. The van der Waals surface area contributed by atoms with Crippen LogP contribution in [0.2, 0.25) is 0 Å². The molecule has 0 amide bonds. The van der Waals surface area contributed by atoms with Crippen LogP contribution < -0.4 is 5.73 Å². The summed E-state index contributed by atoms with van der Waals surface area (Å²) in [7, 11) is 0. The molecule has 0 fully saturated rings. The molecular weight excluding hydrogens is 214 g/mol. The molecular formula is C13H23N3O. The minimum Gasteiger partial charge on any atom is -0.330 e. The molecule has 0 aliphatic carbocycles. The Morgan fingerprint density at radius 3 is 2.82 bits per heavy atom. The van der Waals surface area contributed by atoms with Gasteiger partial charge in [-0.2, -0.15) is 5.10 Å². The zero-order valence-electron chi connectivity index (χ0n) is 11.0. The highest BCUT2D eigenvalue weighted by atomic mass is 16.1. The predicted molar refractivity (Wildman–Crippen MR) is 68.8 cm³/mol. The number of hydrogen-bond acceptors (Lipinski definition) is 3. The molecule has 0 bridgehead atoms. The maximum Gasteiger partial charge on any atom is 0.141 e. The summed E-state index contributed by atoms with van der Waals surface area (Å²) < 4.78 is 1.93. The summed E-state index contributed by atoms with van der Waals surface area (Å²) in [6.07, 6.45) is 4.17. The average molecular weight is 237 g/mol. The van der Waals surface area contributed by atoms with E-state index >= 15 is 0 Å². The van der Waals surface area contributed by atoms with Crippen LogP contribution in [0.25, 0.3) is 0 Å². The van der Waals surface area contributed by atoms with Crippen molar-refractivity contribution >= 4 is 5.78 Å². The molecule has 0 saturated heterocycles. The van der Waals surface area contributed by atoms with Crippen LogP contribution in [0, 0.1) is 5.92 Å². The first-order valence-electron chi connectivity index (χ1n) is 6.35. The van der Waals surface area contributed by atoms with Crippen molar-refractivity contribution in [2.45, 2.75) is 46.1 Å². The summed E-state index contributed by atoms with van der Waals surface area (Å²) in [5, 5.41) is 4.43. The summed E-state index contributed by atoms with van der Waals surface area (Å²) in [5.41, 5.74) is 6.31. The second-order valence-corrected chi connectivity index (χ2v) is 4.67. The number of carbonyl (C=O) groups excluding carboxylic acids is 1. The van der Waals surface area contributed by atoms with E-state index in [1.165, 1.54) is 0 Å². The van der Waals surface area contributed by atoms with Crippen molar-refractivity contribution in [3.8, 4) is 0 Å². The number of ketones is 1. The van der Waals surface area contributed by atoms with Gasteiger partial charge in [-0.1, -0.05) is 13.8 Å². The molecule has 1 heterocycles. The largest absolute Gasteiger partial charge is 0.330 e. The van der Waals surface area contributed by atoms with Crippen LogP contribution in [0.5, 0.6) is 0 Å². The van der Waals surface area contributed by atoms with E-state index in [0.29, 0.717) is 19.0 Å². The van der Waals surface area contributed by atoms with Crippen molar-refractivity contribution in [2.75, 3.05) is 6.54 Å². The van der Waals surface area contributed by atoms with Crippen molar-refractivity contribution < 1.29 is 4.79 Å². The van der Waals surface area contributed by atoms with Gasteiger partial charge >= 0.3 is 0 Å². The molecule has 1 aromatic rings. The van der Waals surface area contributed by atoms with Gasteiger partial charge < -0.3 is 5.73 Å². The lowest BCUT2D eigenvalue weighted by Crippen LogP contribution is -2.18. The maximum absolute atomic E-state index is 11.8. The molecule has 1 aromatic heterocycles. The number of nitrogens with two attached hydrogens (primary N) is 1. The van der Waals surface area contributed by atoms with Crippen LogP contribution in [-0.4, -0.2) is 22.1 Å². The van der Waals surface area contributed by atoms with Gasteiger partial charge in [0.2, 0.25) is 0 Å². The fourth-order valence-corrected chi connectivity index (χ4v) is 1.67. The summed E-state index contributed by atoms with van der Waals surface area (Å²) in [4.78, 5) is 11.8. The van der Waals surface area contributed by atoms with E-state index in [9.17, 15) is 4.79 Å². The van der Waals surface area contributed by atoms with Gasteiger partial charge in [-0.3, -0.25) is 9.48 Å². The van der Waals surface area contributed by atoms with Crippen LogP contribution >= 0.6 is 0 Å². The SMILES string of the molecule is CCC(C)n1ccc(CC(=O)C(C)CCN)n1.